The van der Waals surface area contributed by atoms with Crippen LogP contribution in [0.2, 0.25) is 0 Å². The van der Waals surface area contributed by atoms with Crippen LogP contribution in [0.3, 0.4) is 0 Å². The molecule has 0 aliphatic carbocycles. The van der Waals surface area contributed by atoms with Gasteiger partial charge < -0.3 is 31.9 Å². The standard InChI is InChI=1S/C29H28N6O3/c1-19-11-15-21(16-12-19)30-27(36)32-23-7-3-5-9-25(23)34-29(38)35-26-10-6-4-8-24(26)33-28(37)31-22-17-13-20(2)14-18-22/h3-18H,1-2H3,(H2,30,32,36)(H2,31,33,37)(H2,34,35,38). The number of rotatable bonds is 6. The highest BCUT2D eigenvalue weighted by atomic mass is 16.2. The first kappa shape index (κ1) is 25.8. The molecular formula is C29H28N6O3. The number of para-hydroxylation sites is 4. The van der Waals surface area contributed by atoms with Crippen molar-refractivity contribution < 1.29 is 14.4 Å². The Labute approximate surface area is 220 Å². The van der Waals surface area contributed by atoms with Crippen LogP contribution in [0.5, 0.6) is 0 Å². The van der Waals surface area contributed by atoms with E-state index < -0.39 is 18.1 Å². The molecule has 0 aliphatic rings. The van der Waals surface area contributed by atoms with Crippen LogP contribution in [0.4, 0.5) is 48.5 Å². The summed E-state index contributed by atoms with van der Waals surface area (Å²) in [6.45, 7) is 3.93. The van der Waals surface area contributed by atoms with E-state index in [2.05, 4.69) is 31.9 Å². The molecule has 4 aromatic rings. The Morgan fingerprint density at radius 1 is 0.395 bits per heavy atom. The van der Waals surface area contributed by atoms with Crippen molar-refractivity contribution in [3.63, 3.8) is 0 Å². The molecule has 0 radical (unpaired) electrons. The Balaban J connectivity index is 1.38. The maximum Gasteiger partial charge on any atom is 0.323 e. The lowest BCUT2D eigenvalue weighted by Gasteiger charge is -2.15. The predicted octanol–water partition coefficient (Wildman–Crippen LogP) is 7.24. The summed E-state index contributed by atoms with van der Waals surface area (Å²) >= 11 is 0. The number of nitrogens with one attached hydrogen (secondary N) is 6. The third kappa shape index (κ3) is 7.34. The molecule has 9 nitrogen and oxygen atoms in total. The Morgan fingerprint density at radius 3 is 0.947 bits per heavy atom. The molecular weight excluding hydrogens is 480 g/mol. The van der Waals surface area contributed by atoms with E-state index in [9.17, 15) is 14.4 Å². The van der Waals surface area contributed by atoms with Crippen LogP contribution in [0.25, 0.3) is 0 Å². The van der Waals surface area contributed by atoms with Crippen molar-refractivity contribution in [1.29, 1.82) is 0 Å². The molecule has 38 heavy (non-hydrogen) atoms. The van der Waals surface area contributed by atoms with Gasteiger partial charge >= 0.3 is 18.1 Å². The lowest BCUT2D eigenvalue weighted by molar-refractivity contribution is 0.261. The molecule has 9 heteroatoms. The van der Waals surface area contributed by atoms with Gasteiger partial charge in [-0.3, -0.25) is 0 Å². The number of hydrogen-bond acceptors (Lipinski definition) is 3. The third-order valence-corrected chi connectivity index (χ3v) is 5.47. The molecule has 6 N–H and O–H groups in total. The van der Waals surface area contributed by atoms with Crippen molar-refractivity contribution in [1.82, 2.24) is 0 Å². The summed E-state index contributed by atoms with van der Waals surface area (Å²) in [5, 5.41) is 16.5. The van der Waals surface area contributed by atoms with Crippen LogP contribution in [0.15, 0.2) is 97.1 Å². The van der Waals surface area contributed by atoms with Crippen molar-refractivity contribution in [3.8, 4) is 0 Å². The molecule has 4 rings (SSSR count). The van der Waals surface area contributed by atoms with E-state index in [4.69, 9.17) is 0 Å². The Bertz CT molecular complexity index is 1330. The summed E-state index contributed by atoms with van der Waals surface area (Å²) in [6, 6.07) is 27.0. The maximum atomic E-state index is 12.8. The number of urea groups is 3. The fourth-order valence-electron chi connectivity index (χ4n) is 3.52. The highest BCUT2D eigenvalue weighted by molar-refractivity contribution is 6.08. The summed E-state index contributed by atoms with van der Waals surface area (Å²) < 4.78 is 0. The van der Waals surface area contributed by atoms with Gasteiger partial charge in [-0.15, -0.1) is 0 Å². The number of carbonyl (C=O) groups excluding carboxylic acids is 3. The topological polar surface area (TPSA) is 123 Å². The zero-order chi connectivity index (χ0) is 26.9. The maximum absolute atomic E-state index is 12.8. The fourth-order valence-corrected chi connectivity index (χ4v) is 3.52. The molecule has 0 aromatic heterocycles. The summed E-state index contributed by atoms with van der Waals surface area (Å²) in [4.78, 5) is 37.8. The minimum absolute atomic E-state index is 0.395. The number of hydrogen-bond donors (Lipinski definition) is 6. The van der Waals surface area contributed by atoms with E-state index in [0.29, 0.717) is 34.1 Å². The number of carbonyl (C=O) groups is 3. The molecule has 0 heterocycles. The molecule has 6 amide bonds. The number of aryl methyl sites for hydroxylation is 2. The van der Waals surface area contributed by atoms with Gasteiger partial charge in [0.2, 0.25) is 0 Å². The van der Waals surface area contributed by atoms with E-state index >= 15 is 0 Å². The fraction of sp³-hybridized carbons (Fsp3) is 0.0690. The Kier molecular flexibility index (Phi) is 8.20. The highest BCUT2D eigenvalue weighted by Gasteiger charge is 2.13. The molecule has 192 valence electrons. The second-order valence-electron chi connectivity index (χ2n) is 8.56. The SMILES string of the molecule is Cc1ccc(NC(=O)Nc2ccccc2NC(=O)Nc2ccccc2NC(=O)Nc2ccc(C)cc2)cc1. The van der Waals surface area contributed by atoms with E-state index in [1.54, 1.807) is 72.8 Å². The molecule has 0 fully saturated rings. The first-order chi connectivity index (χ1) is 18.4. The van der Waals surface area contributed by atoms with Gasteiger partial charge in [-0.25, -0.2) is 14.4 Å². The predicted molar refractivity (Wildman–Crippen MR) is 153 cm³/mol. The largest absolute Gasteiger partial charge is 0.323 e. The van der Waals surface area contributed by atoms with Crippen molar-refractivity contribution >= 4 is 52.2 Å². The lowest BCUT2D eigenvalue weighted by Crippen LogP contribution is -2.24. The van der Waals surface area contributed by atoms with Gasteiger partial charge in [-0.2, -0.15) is 0 Å². The van der Waals surface area contributed by atoms with Gasteiger partial charge in [0.15, 0.2) is 0 Å². The van der Waals surface area contributed by atoms with E-state index in [1.807, 2.05) is 38.1 Å². The van der Waals surface area contributed by atoms with E-state index in [-0.39, 0.29) is 0 Å². The molecule has 0 bridgehead atoms. The van der Waals surface area contributed by atoms with Crippen LogP contribution in [0.1, 0.15) is 11.1 Å². The van der Waals surface area contributed by atoms with Gasteiger partial charge in [0.1, 0.15) is 0 Å². The first-order valence-corrected chi connectivity index (χ1v) is 11.9. The molecule has 4 aromatic carbocycles. The van der Waals surface area contributed by atoms with E-state index in [0.717, 1.165) is 11.1 Å². The van der Waals surface area contributed by atoms with Gasteiger partial charge in [-0.1, -0.05) is 59.7 Å². The second kappa shape index (κ2) is 12.1. The molecule has 0 atom stereocenters. The van der Waals surface area contributed by atoms with Gasteiger partial charge in [0.25, 0.3) is 0 Å². The average molecular weight is 509 g/mol. The van der Waals surface area contributed by atoms with Crippen molar-refractivity contribution in [2.24, 2.45) is 0 Å². The van der Waals surface area contributed by atoms with Crippen LogP contribution in [-0.4, -0.2) is 18.1 Å². The Hall–Kier alpha value is -5.31. The number of anilines is 6. The summed E-state index contributed by atoms with van der Waals surface area (Å²) in [6.07, 6.45) is 0. The molecule has 0 unspecified atom stereocenters. The minimum atomic E-state index is -0.550. The quantitative estimate of drug-likeness (QED) is 0.165. The van der Waals surface area contributed by atoms with Crippen molar-refractivity contribution in [2.45, 2.75) is 13.8 Å². The normalized spacial score (nSPS) is 10.2. The van der Waals surface area contributed by atoms with Crippen LogP contribution in [-0.2, 0) is 0 Å². The van der Waals surface area contributed by atoms with Crippen LogP contribution < -0.4 is 31.9 Å². The zero-order valence-electron chi connectivity index (χ0n) is 21.0. The van der Waals surface area contributed by atoms with Crippen LogP contribution in [0, 0.1) is 13.8 Å². The zero-order valence-corrected chi connectivity index (χ0v) is 21.0. The number of benzene rings is 4. The minimum Gasteiger partial charge on any atom is -0.308 e. The third-order valence-electron chi connectivity index (χ3n) is 5.47. The molecule has 0 aliphatic heterocycles. The molecule has 0 saturated carbocycles. The van der Waals surface area contributed by atoms with Crippen LogP contribution >= 0.6 is 0 Å². The van der Waals surface area contributed by atoms with Gasteiger partial charge in [-0.05, 0) is 62.4 Å². The first-order valence-electron chi connectivity index (χ1n) is 11.9. The van der Waals surface area contributed by atoms with Crippen molar-refractivity contribution in [2.75, 3.05) is 31.9 Å². The summed E-state index contributed by atoms with van der Waals surface area (Å²) in [7, 11) is 0. The highest BCUT2D eigenvalue weighted by Crippen LogP contribution is 2.24. The van der Waals surface area contributed by atoms with Crippen molar-refractivity contribution in [3.05, 3.63) is 108 Å². The second-order valence-corrected chi connectivity index (χ2v) is 8.56. The van der Waals surface area contributed by atoms with Gasteiger partial charge in [0.05, 0.1) is 22.7 Å². The summed E-state index contributed by atoms with van der Waals surface area (Å²) in [5.74, 6) is 0. The Morgan fingerprint density at radius 2 is 0.658 bits per heavy atom. The average Bonchev–Trinajstić information content (AvgIpc) is 2.89. The van der Waals surface area contributed by atoms with Gasteiger partial charge in [0, 0.05) is 11.4 Å². The lowest BCUT2D eigenvalue weighted by atomic mass is 10.2. The molecule has 0 spiro atoms. The monoisotopic (exact) mass is 508 g/mol. The number of amides is 6. The van der Waals surface area contributed by atoms with E-state index in [1.165, 1.54) is 0 Å². The molecule has 0 saturated heterocycles. The smallest absolute Gasteiger partial charge is 0.308 e. The summed E-state index contributed by atoms with van der Waals surface area (Å²) in [5.41, 5.74) is 5.07.